The third-order valence-electron chi connectivity index (χ3n) is 2.10. The molecule has 2 N–H and O–H groups in total. The van der Waals surface area contributed by atoms with Crippen molar-refractivity contribution in [3.05, 3.63) is 47.4 Å². The number of benzene rings is 1. The number of nitrogens with one attached hydrogen (secondary N) is 2. The molecule has 4 heteroatoms. The first-order valence-electron chi connectivity index (χ1n) is 5.50. The Morgan fingerprint density at radius 2 is 1.94 bits per heavy atom. The Labute approximate surface area is 101 Å². The Morgan fingerprint density at radius 1 is 1.29 bits per heavy atom. The standard InChI is InChI=1S/C13H17FN2O/c1-10(2)9-16-13(17)15-8-7-11-3-5-12(14)6-4-11/h3-6,9H,7-8H2,1-2H3,(H2,15,16,17). The van der Waals surface area contributed by atoms with Gasteiger partial charge in [-0.2, -0.15) is 0 Å². The largest absolute Gasteiger partial charge is 0.338 e. The Hall–Kier alpha value is -1.84. The highest BCUT2D eigenvalue weighted by Crippen LogP contribution is 2.02. The van der Waals surface area contributed by atoms with Gasteiger partial charge in [-0.3, -0.25) is 0 Å². The molecule has 17 heavy (non-hydrogen) atoms. The monoisotopic (exact) mass is 236 g/mol. The molecule has 0 aliphatic carbocycles. The topological polar surface area (TPSA) is 41.1 Å². The lowest BCUT2D eigenvalue weighted by molar-refractivity contribution is 0.244. The molecule has 1 rings (SSSR count). The summed E-state index contributed by atoms with van der Waals surface area (Å²) in [6.07, 6.45) is 2.33. The maximum Gasteiger partial charge on any atom is 0.318 e. The van der Waals surface area contributed by atoms with Crippen LogP contribution in [0.1, 0.15) is 19.4 Å². The zero-order valence-corrected chi connectivity index (χ0v) is 10.1. The quantitative estimate of drug-likeness (QED) is 0.829. The molecule has 92 valence electrons. The average Bonchev–Trinajstić information content (AvgIpc) is 2.29. The van der Waals surface area contributed by atoms with Crippen molar-refractivity contribution in [3.8, 4) is 0 Å². The third kappa shape index (κ3) is 5.70. The number of carbonyl (C=O) groups is 1. The van der Waals surface area contributed by atoms with Crippen molar-refractivity contribution in [1.29, 1.82) is 0 Å². The predicted octanol–water partition coefficient (Wildman–Crippen LogP) is 2.59. The number of rotatable bonds is 4. The van der Waals surface area contributed by atoms with Gasteiger partial charge < -0.3 is 10.6 Å². The molecule has 0 fully saturated rings. The van der Waals surface area contributed by atoms with Crippen LogP contribution >= 0.6 is 0 Å². The van der Waals surface area contributed by atoms with E-state index in [0.29, 0.717) is 13.0 Å². The lowest BCUT2D eigenvalue weighted by Gasteiger charge is -2.05. The summed E-state index contributed by atoms with van der Waals surface area (Å²) < 4.78 is 12.6. The summed E-state index contributed by atoms with van der Waals surface area (Å²) in [6.45, 7) is 4.33. The van der Waals surface area contributed by atoms with Crippen molar-refractivity contribution in [3.63, 3.8) is 0 Å². The van der Waals surface area contributed by atoms with Gasteiger partial charge in [-0.25, -0.2) is 9.18 Å². The first kappa shape index (κ1) is 13.2. The summed E-state index contributed by atoms with van der Waals surface area (Å²) in [5, 5.41) is 5.32. The maximum atomic E-state index is 12.6. The van der Waals surface area contributed by atoms with Gasteiger partial charge in [0.1, 0.15) is 5.82 Å². The number of amides is 2. The van der Waals surface area contributed by atoms with E-state index in [1.807, 2.05) is 13.8 Å². The van der Waals surface area contributed by atoms with Gasteiger partial charge in [0.15, 0.2) is 0 Å². The van der Waals surface area contributed by atoms with Crippen LogP contribution in [0.3, 0.4) is 0 Å². The van der Waals surface area contributed by atoms with Gasteiger partial charge in [0.05, 0.1) is 0 Å². The molecule has 0 aliphatic rings. The fourth-order valence-corrected chi connectivity index (χ4v) is 1.23. The summed E-state index contributed by atoms with van der Waals surface area (Å²) in [6, 6.07) is 6.03. The van der Waals surface area contributed by atoms with Crippen LogP contribution in [0, 0.1) is 5.82 Å². The van der Waals surface area contributed by atoms with E-state index < -0.39 is 0 Å². The van der Waals surface area contributed by atoms with Crippen molar-refractivity contribution in [2.75, 3.05) is 6.54 Å². The number of urea groups is 1. The summed E-state index contributed by atoms with van der Waals surface area (Å²) in [5.74, 6) is -0.247. The first-order chi connectivity index (χ1) is 8.08. The van der Waals surface area contributed by atoms with Gasteiger partial charge in [-0.15, -0.1) is 0 Å². The van der Waals surface area contributed by atoms with E-state index >= 15 is 0 Å². The highest BCUT2D eigenvalue weighted by atomic mass is 19.1. The molecule has 0 bridgehead atoms. The smallest absolute Gasteiger partial charge is 0.318 e. The summed E-state index contributed by atoms with van der Waals surface area (Å²) in [7, 11) is 0. The van der Waals surface area contributed by atoms with Crippen LogP contribution in [0.15, 0.2) is 36.0 Å². The van der Waals surface area contributed by atoms with E-state index in [1.54, 1.807) is 18.3 Å². The van der Waals surface area contributed by atoms with Crippen molar-refractivity contribution in [2.45, 2.75) is 20.3 Å². The lowest BCUT2D eigenvalue weighted by atomic mass is 10.1. The van der Waals surface area contributed by atoms with E-state index in [2.05, 4.69) is 10.6 Å². The molecule has 2 amide bonds. The van der Waals surface area contributed by atoms with E-state index in [1.165, 1.54) is 12.1 Å². The number of carbonyl (C=O) groups excluding carboxylic acids is 1. The third-order valence-corrected chi connectivity index (χ3v) is 2.10. The molecular weight excluding hydrogens is 219 g/mol. The first-order valence-corrected chi connectivity index (χ1v) is 5.50. The second kappa shape index (κ2) is 6.68. The molecule has 0 saturated heterocycles. The molecule has 1 aromatic carbocycles. The van der Waals surface area contributed by atoms with Crippen LogP contribution < -0.4 is 10.6 Å². The Bertz CT molecular complexity index is 394. The number of hydrogen-bond donors (Lipinski definition) is 2. The fraction of sp³-hybridized carbons (Fsp3) is 0.308. The van der Waals surface area contributed by atoms with E-state index in [0.717, 1.165) is 11.1 Å². The van der Waals surface area contributed by atoms with Crippen LogP contribution in [-0.2, 0) is 6.42 Å². The highest BCUT2D eigenvalue weighted by Gasteiger charge is 1.98. The van der Waals surface area contributed by atoms with Crippen LogP contribution in [0.25, 0.3) is 0 Å². The molecule has 3 nitrogen and oxygen atoms in total. The SMILES string of the molecule is CC(C)=CNC(=O)NCCc1ccc(F)cc1. The Kier molecular flexibility index (Phi) is 5.20. The van der Waals surface area contributed by atoms with Crippen LogP contribution in [0.5, 0.6) is 0 Å². The van der Waals surface area contributed by atoms with Crippen molar-refractivity contribution >= 4 is 6.03 Å². The van der Waals surface area contributed by atoms with Crippen LogP contribution in [-0.4, -0.2) is 12.6 Å². The molecule has 0 aromatic heterocycles. The molecule has 1 aromatic rings. The normalized spacial score (nSPS) is 9.59. The van der Waals surface area contributed by atoms with Gasteiger partial charge in [0.2, 0.25) is 0 Å². The van der Waals surface area contributed by atoms with Gasteiger partial charge in [0.25, 0.3) is 0 Å². The maximum absolute atomic E-state index is 12.6. The minimum atomic E-state index is -0.247. The Morgan fingerprint density at radius 3 is 2.53 bits per heavy atom. The zero-order chi connectivity index (χ0) is 12.7. The van der Waals surface area contributed by atoms with Crippen LogP contribution in [0.2, 0.25) is 0 Å². The second-order valence-corrected chi connectivity index (χ2v) is 4.00. The molecule has 0 aliphatic heterocycles. The van der Waals surface area contributed by atoms with Crippen molar-refractivity contribution < 1.29 is 9.18 Å². The summed E-state index contributed by atoms with van der Waals surface area (Å²) >= 11 is 0. The Balaban J connectivity index is 2.26. The van der Waals surface area contributed by atoms with E-state index in [9.17, 15) is 9.18 Å². The lowest BCUT2D eigenvalue weighted by Crippen LogP contribution is -2.33. The molecule has 0 saturated carbocycles. The van der Waals surface area contributed by atoms with Crippen molar-refractivity contribution in [2.24, 2.45) is 0 Å². The number of hydrogen-bond acceptors (Lipinski definition) is 1. The van der Waals surface area contributed by atoms with E-state index in [4.69, 9.17) is 0 Å². The van der Waals surface area contributed by atoms with Crippen molar-refractivity contribution in [1.82, 2.24) is 10.6 Å². The molecule has 0 radical (unpaired) electrons. The molecule has 0 spiro atoms. The summed E-state index contributed by atoms with van der Waals surface area (Å²) in [5.41, 5.74) is 2.02. The highest BCUT2D eigenvalue weighted by molar-refractivity contribution is 5.74. The molecule has 0 atom stereocenters. The number of halogens is 1. The summed E-state index contributed by atoms with van der Waals surface area (Å²) in [4.78, 5) is 11.3. The fourth-order valence-electron chi connectivity index (χ4n) is 1.23. The minimum absolute atomic E-state index is 0.228. The zero-order valence-electron chi connectivity index (χ0n) is 10.1. The minimum Gasteiger partial charge on any atom is -0.338 e. The molecule has 0 heterocycles. The van der Waals surface area contributed by atoms with Gasteiger partial charge in [-0.05, 0) is 38.0 Å². The number of allylic oxidation sites excluding steroid dienone is 1. The molecule has 0 unspecified atom stereocenters. The average molecular weight is 236 g/mol. The van der Waals surface area contributed by atoms with Gasteiger partial charge in [0, 0.05) is 12.7 Å². The predicted molar refractivity (Wildman–Crippen MR) is 66.1 cm³/mol. The second-order valence-electron chi connectivity index (χ2n) is 4.00. The van der Waals surface area contributed by atoms with Gasteiger partial charge in [-0.1, -0.05) is 17.7 Å². The van der Waals surface area contributed by atoms with Gasteiger partial charge >= 0.3 is 6.03 Å². The molecular formula is C13H17FN2O. The van der Waals surface area contributed by atoms with E-state index in [-0.39, 0.29) is 11.8 Å². The van der Waals surface area contributed by atoms with Crippen LogP contribution in [0.4, 0.5) is 9.18 Å².